The average Bonchev–Trinajstić information content (AvgIpc) is 2.97. The van der Waals surface area contributed by atoms with Crippen molar-refractivity contribution in [1.29, 1.82) is 0 Å². The molecule has 7 nitrogen and oxygen atoms in total. The van der Waals surface area contributed by atoms with Crippen LogP contribution in [0.1, 0.15) is 11.4 Å². The van der Waals surface area contributed by atoms with Gasteiger partial charge in [0.2, 0.25) is 0 Å². The van der Waals surface area contributed by atoms with Crippen LogP contribution >= 0.6 is 0 Å². The Morgan fingerprint density at radius 1 is 1.23 bits per heavy atom. The van der Waals surface area contributed by atoms with Crippen LogP contribution in [0.25, 0.3) is 11.0 Å². The van der Waals surface area contributed by atoms with Gasteiger partial charge < -0.3 is 14.0 Å². The van der Waals surface area contributed by atoms with Crippen molar-refractivity contribution in [1.82, 2.24) is 15.0 Å². The highest BCUT2D eigenvalue weighted by Crippen LogP contribution is 2.23. The number of hydrogen-bond donors (Lipinski definition) is 1. The normalized spacial score (nSPS) is 11.0. The van der Waals surface area contributed by atoms with E-state index in [9.17, 15) is 4.79 Å². The Morgan fingerprint density at radius 2 is 2.04 bits per heavy atom. The minimum Gasteiger partial charge on any atom is -0.497 e. The Bertz CT molecular complexity index is 963. The van der Waals surface area contributed by atoms with Crippen molar-refractivity contribution in [3.8, 4) is 11.5 Å². The monoisotopic (exact) mass is 352 g/mol. The van der Waals surface area contributed by atoms with Crippen LogP contribution in [0.4, 0.5) is 0 Å². The maximum absolute atomic E-state index is 12.2. The Balaban J connectivity index is 1.69. The number of nitrogens with zero attached hydrogens (tertiary/aromatic N) is 3. The minimum absolute atomic E-state index is 0.142. The molecule has 26 heavy (non-hydrogen) atoms. The van der Waals surface area contributed by atoms with Gasteiger partial charge in [-0.2, -0.15) is 5.10 Å². The van der Waals surface area contributed by atoms with E-state index in [0.29, 0.717) is 11.5 Å². The molecule has 1 heterocycles. The standard InChI is InChI=1S/C19H20N4O3/c1-13-21-16-6-4-5-7-17(16)23(13)12-19(24)22-20-11-14-8-9-15(25-2)10-18(14)26-3/h4-11H,12H2,1-3H3,(H,22,24)/b20-11-. The first-order valence-electron chi connectivity index (χ1n) is 8.08. The summed E-state index contributed by atoms with van der Waals surface area (Å²) in [6.07, 6.45) is 1.54. The molecule has 0 fully saturated rings. The number of carbonyl (C=O) groups excluding carboxylic acids is 1. The summed E-state index contributed by atoms with van der Waals surface area (Å²) in [6.45, 7) is 2.02. The van der Waals surface area contributed by atoms with E-state index >= 15 is 0 Å². The number of imidazole rings is 1. The summed E-state index contributed by atoms with van der Waals surface area (Å²) in [5.74, 6) is 1.84. The zero-order chi connectivity index (χ0) is 18.5. The summed E-state index contributed by atoms with van der Waals surface area (Å²) in [5, 5.41) is 4.02. The van der Waals surface area contributed by atoms with Gasteiger partial charge in [0, 0.05) is 11.6 Å². The number of rotatable bonds is 6. The van der Waals surface area contributed by atoms with Crippen LogP contribution in [-0.4, -0.2) is 35.9 Å². The number of nitrogens with one attached hydrogen (secondary N) is 1. The van der Waals surface area contributed by atoms with Crippen LogP contribution < -0.4 is 14.9 Å². The third-order valence-electron chi connectivity index (χ3n) is 3.98. The first kappa shape index (κ1) is 17.5. The Hall–Kier alpha value is -3.35. The van der Waals surface area contributed by atoms with E-state index in [-0.39, 0.29) is 12.5 Å². The van der Waals surface area contributed by atoms with Crippen molar-refractivity contribution < 1.29 is 14.3 Å². The van der Waals surface area contributed by atoms with Crippen molar-refractivity contribution in [2.75, 3.05) is 14.2 Å². The van der Waals surface area contributed by atoms with Crippen LogP contribution in [0.5, 0.6) is 11.5 Å². The molecular formula is C19H20N4O3. The second-order valence-corrected chi connectivity index (χ2v) is 5.63. The maximum Gasteiger partial charge on any atom is 0.260 e. The molecule has 0 aliphatic carbocycles. The highest BCUT2D eigenvalue weighted by atomic mass is 16.5. The number of amides is 1. The Labute approximate surface area is 151 Å². The van der Waals surface area contributed by atoms with Gasteiger partial charge in [0.15, 0.2) is 0 Å². The van der Waals surface area contributed by atoms with Gasteiger partial charge in [-0.3, -0.25) is 4.79 Å². The fraction of sp³-hybridized carbons (Fsp3) is 0.211. The molecule has 7 heteroatoms. The van der Waals surface area contributed by atoms with Crippen molar-refractivity contribution in [2.45, 2.75) is 13.5 Å². The number of para-hydroxylation sites is 2. The zero-order valence-electron chi connectivity index (χ0n) is 14.9. The number of aromatic nitrogens is 2. The number of hydrogen-bond acceptors (Lipinski definition) is 5. The lowest BCUT2D eigenvalue weighted by molar-refractivity contribution is -0.121. The van der Waals surface area contributed by atoms with Crippen molar-refractivity contribution in [3.63, 3.8) is 0 Å². The molecule has 0 radical (unpaired) electrons. The highest BCUT2D eigenvalue weighted by molar-refractivity contribution is 5.86. The lowest BCUT2D eigenvalue weighted by Crippen LogP contribution is -2.23. The smallest absolute Gasteiger partial charge is 0.260 e. The van der Waals surface area contributed by atoms with E-state index in [0.717, 1.165) is 22.4 Å². The van der Waals surface area contributed by atoms with Gasteiger partial charge in [0.1, 0.15) is 23.9 Å². The summed E-state index contributed by atoms with van der Waals surface area (Å²) in [5.41, 5.74) is 5.05. The summed E-state index contributed by atoms with van der Waals surface area (Å²) < 4.78 is 12.3. The molecule has 0 bridgehead atoms. The van der Waals surface area contributed by atoms with Gasteiger partial charge >= 0.3 is 0 Å². The minimum atomic E-state index is -0.236. The number of hydrazone groups is 1. The fourth-order valence-corrected chi connectivity index (χ4v) is 2.67. The molecule has 134 valence electrons. The molecule has 0 saturated heterocycles. The number of aryl methyl sites for hydroxylation is 1. The highest BCUT2D eigenvalue weighted by Gasteiger charge is 2.10. The lowest BCUT2D eigenvalue weighted by atomic mass is 10.2. The number of methoxy groups -OCH3 is 2. The van der Waals surface area contributed by atoms with Gasteiger partial charge in [0.25, 0.3) is 5.91 Å². The quantitative estimate of drug-likeness (QED) is 0.546. The summed E-state index contributed by atoms with van der Waals surface area (Å²) in [7, 11) is 3.15. The van der Waals surface area contributed by atoms with Gasteiger partial charge in [-0.05, 0) is 31.2 Å². The Kier molecular flexibility index (Phi) is 5.17. The van der Waals surface area contributed by atoms with E-state index in [2.05, 4.69) is 15.5 Å². The van der Waals surface area contributed by atoms with E-state index in [4.69, 9.17) is 9.47 Å². The number of benzene rings is 2. The molecule has 0 spiro atoms. The van der Waals surface area contributed by atoms with Crippen LogP contribution in [0.15, 0.2) is 47.6 Å². The van der Waals surface area contributed by atoms with E-state index < -0.39 is 0 Å². The maximum atomic E-state index is 12.2. The predicted octanol–water partition coefficient (Wildman–Crippen LogP) is 2.51. The fourth-order valence-electron chi connectivity index (χ4n) is 2.67. The molecular weight excluding hydrogens is 332 g/mol. The van der Waals surface area contributed by atoms with Gasteiger partial charge in [0.05, 0.1) is 31.5 Å². The molecule has 1 N–H and O–H groups in total. The number of carbonyl (C=O) groups is 1. The molecule has 0 aliphatic heterocycles. The first-order valence-corrected chi connectivity index (χ1v) is 8.08. The summed E-state index contributed by atoms with van der Waals surface area (Å²) >= 11 is 0. The average molecular weight is 352 g/mol. The van der Waals surface area contributed by atoms with Gasteiger partial charge in [-0.1, -0.05) is 12.1 Å². The second kappa shape index (κ2) is 7.69. The molecule has 1 aromatic heterocycles. The third kappa shape index (κ3) is 3.66. The third-order valence-corrected chi connectivity index (χ3v) is 3.98. The van der Waals surface area contributed by atoms with Crippen LogP contribution in [0, 0.1) is 6.92 Å². The molecule has 0 aliphatic rings. The molecule has 0 unspecified atom stereocenters. The van der Waals surface area contributed by atoms with Crippen LogP contribution in [0.2, 0.25) is 0 Å². The van der Waals surface area contributed by atoms with Crippen LogP contribution in [-0.2, 0) is 11.3 Å². The molecule has 2 aromatic carbocycles. The largest absolute Gasteiger partial charge is 0.497 e. The molecule has 3 rings (SSSR count). The molecule has 3 aromatic rings. The van der Waals surface area contributed by atoms with Gasteiger partial charge in [-0.25, -0.2) is 10.4 Å². The SMILES string of the molecule is COc1ccc(/C=N\NC(=O)Cn2c(C)nc3ccccc32)c(OC)c1. The van der Waals surface area contributed by atoms with Crippen LogP contribution in [0.3, 0.4) is 0 Å². The number of ether oxygens (including phenoxy) is 2. The van der Waals surface area contributed by atoms with E-state index in [1.807, 2.05) is 35.8 Å². The van der Waals surface area contributed by atoms with E-state index in [1.54, 1.807) is 32.4 Å². The lowest BCUT2D eigenvalue weighted by Gasteiger charge is -2.07. The van der Waals surface area contributed by atoms with E-state index in [1.165, 1.54) is 6.21 Å². The second-order valence-electron chi connectivity index (χ2n) is 5.63. The molecule has 0 saturated carbocycles. The predicted molar refractivity (Wildman–Crippen MR) is 99.8 cm³/mol. The topological polar surface area (TPSA) is 77.7 Å². The van der Waals surface area contributed by atoms with Crippen molar-refractivity contribution in [2.24, 2.45) is 5.10 Å². The Morgan fingerprint density at radius 3 is 2.81 bits per heavy atom. The molecule has 1 amide bonds. The summed E-state index contributed by atoms with van der Waals surface area (Å²) in [6, 6.07) is 13.1. The summed E-state index contributed by atoms with van der Waals surface area (Å²) in [4.78, 5) is 16.7. The van der Waals surface area contributed by atoms with Gasteiger partial charge in [-0.15, -0.1) is 0 Å². The molecule has 0 atom stereocenters. The number of fused-ring (bicyclic) bond motifs is 1. The van der Waals surface area contributed by atoms with Crippen molar-refractivity contribution >= 4 is 23.2 Å². The first-order chi connectivity index (χ1) is 12.6. The zero-order valence-corrected chi connectivity index (χ0v) is 14.9. The van der Waals surface area contributed by atoms with Crippen molar-refractivity contribution in [3.05, 3.63) is 53.9 Å².